The molecule has 0 aromatic heterocycles. The van der Waals surface area contributed by atoms with Crippen molar-refractivity contribution in [1.82, 2.24) is 0 Å². The zero-order chi connectivity index (χ0) is 11.6. The van der Waals surface area contributed by atoms with Gasteiger partial charge in [0.1, 0.15) is 0 Å². The van der Waals surface area contributed by atoms with Crippen LogP contribution in [0.25, 0.3) is 0 Å². The van der Waals surface area contributed by atoms with E-state index in [0.29, 0.717) is 5.69 Å². The number of nitrogens with two attached hydrogens (primary N) is 1. The van der Waals surface area contributed by atoms with Crippen LogP contribution in [0.1, 0.15) is 5.56 Å². The summed E-state index contributed by atoms with van der Waals surface area (Å²) in [7, 11) is 1.59. The van der Waals surface area contributed by atoms with Crippen LogP contribution < -0.4 is 10.6 Å². The molecule has 1 aromatic rings. The minimum atomic E-state index is -4.32. The van der Waals surface area contributed by atoms with Gasteiger partial charge in [0.05, 0.1) is 5.56 Å². The molecule has 0 atom stereocenters. The number of thiocarbonyl (C=S) groups is 1. The van der Waals surface area contributed by atoms with Crippen LogP contribution >= 0.6 is 12.2 Å². The Balaban J connectivity index is 2.95. The van der Waals surface area contributed by atoms with Crippen molar-refractivity contribution in [3.63, 3.8) is 0 Å². The lowest BCUT2D eigenvalue weighted by molar-refractivity contribution is -0.137. The lowest BCUT2D eigenvalue weighted by Crippen LogP contribution is -2.31. The zero-order valence-corrected chi connectivity index (χ0v) is 8.69. The number of benzene rings is 1. The van der Waals surface area contributed by atoms with E-state index in [2.05, 4.69) is 12.2 Å². The summed E-state index contributed by atoms with van der Waals surface area (Å²) in [6, 6.07) is 4.62. The number of rotatable bonds is 1. The van der Waals surface area contributed by atoms with Crippen LogP contribution in [0.2, 0.25) is 0 Å². The maximum absolute atomic E-state index is 12.2. The van der Waals surface area contributed by atoms with Crippen LogP contribution in [0.4, 0.5) is 18.9 Å². The van der Waals surface area contributed by atoms with Crippen molar-refractivity contribution in [2.24, 2.45) is 5.73 Å². The van der Waals surface area contributed by atoms with Crippen LogP contribution in [0.3, 0.4) is 0 Å². The zero-order valence-electron chi connectivity index (χ0n) is 7.88. The molecule has 6 heteroatoms. The van der Waals surface area contributed by atoms with Gasteiger partial charge < -0.3 is 10.6 Å². The number of hydrogen-bond donors (Lipinski definition) is 1. The first-order chi connectivity index (χ1) is 6.82. The summed E-state index contributed by atoms with van der Waals surface area (Å²) in [5.74, 6) is 0. The molecule has 82 valence electrons. The molecule has 0 heterocycles. The third kappa shape index (κ3) is 2.82. The van der Waals surface area contributed by atoms with Gasteiger partial charge in [-0.25, -0.2) is 0 Å². The Morgan fingerprint density at radius 3 is 2.07 bits per heavy atom. The minimum absolute atomic E-state index is 0.106. The van der Waals surface area contributed by atoms with Crippen LogP contribution in [-0.2, 0) is 6.18 Å². The lowest BCUT2D eigenvalue weighted by Gasteiger charge is -2.17. The quantitative estimate of drug-likeness (QED) is 0.756. The Hall–Kier alpha value is -1.30. The van der Waals surface area contributed by atoms with E-state index in [1.807, 2.05) is 0 Å². The molecule has 0 aliphatic heterocycles. The van der Waals surface area contributed by atoms with Gasteiger partial charge in [0.15, 0.2) is 5.11 Å². The van der Waals surface area contributed by atoms with Gasteiger partial charge in [-0.2, -0.15) is 13.2 Å². The highest BCUT2D eigenvalue weighted by atomic mass is 32.1. The summed E-state index contributed by atoms with van der Waals surface area (Å²) in [5, 5.41) is 0.106. The SMILES string of the molecule is CN(C(N)=S)c1ccc(C(F)(F)F)cc1. The third-order valence-electron chi connectivity index (χ3n) is 1.91. The molecule has 0 radical (unpaired) electrons. The molecule has 0 amide bonds. The first-order valence-electron chi connectivity index (χ1n) is 4.03. The fraction of sp³-hybridized carbons (Fsp3) is 0.222. The molecular formula is C9H9F3N2S. The highest BCUT2D eigenvalue weighted by Crippen LogP contribution is 2.30. The van der Waals surface area contributed by atoms with Gasteiger partial charge in [0.25, 0.3) is 0 Å². The molecule has 0 aliphatic rings. The fourth-order valence-corrected chi connectivity index (χ4v) is 1.11. The van der Waals surface area contributed by atoms with E-state index in [-0.39, 0.29) is 5.11 Å². The molecule has 0 fully saturated rings. The third-order valence-corrected chi connectivity index (χ3v) is 2.19. The summed E-state index contributed by atoms with van der Waals surface area (Å²) >= 11 is 4.69. The normalized spacial score (nSPS) is 11.2. The van der Waals surface area contributed by atoms with Crippen LogP contribution in [0, 0.1) is 0 Å². The van der Waals surface area contributed by atoms with Gasteiger partial charge in [0.2, 0.25) is 0 Å². The van der Waals surface area contributed by atoms with E-state index in [1.165, 1.54) is 17.0 Å². The maximum atomic E-state index is 12.2. The fourth-order valence-electron chi connectivity index (χ4n) is 1.00. The number of hydrogen-bond acceptors (Lipinski definition) is 1. The van der Waals surface area contributed by atoms with Crippen molar-refractivity contribution in [2.45, 2.75) is 6.18 Å². The lowest BCUT2D eigenvalue weighted by atomic mass is 10.2. The second kappa shape index (κ2) is 4.06. The van der Waals surface area contributed by atoms with Crippen molar-refractivity contribution < 1.29 is 13.2 Å². The average molecular weight is 234 g/mol. The van der Waals surface area contributed by atoms with Gasteiger partial charge in [-0.15, -0.1) is 0 Å². The Labute approximate surface area is 90.5 Å². The molecule has 1 aromatic carbocycles. The first-order valence-corrected chi connectivity index (χ1v) is 4.43. The van der Waals surface area contributed by atoms with Gasteiger partial charge in [0, 0.05) is 12.7 Å². The summed E-state index contributed by atoms with van der Waals surface area (Å²) in [6.07, 6.45) is -4.32. The topological polar surface area (TPSA) is 29.3 Å². The second-order valence-electron chi connectivity index (χ2n) is 2.94. The second-order valence-corrected chi connectivity index (χ2v) is 3.36. The number of halogens is 3. The Morgan fingerprint density at radius 2 is 1.73 bits per heavy atom. The molecule has 1 rings (SSSR count). The largest absolute Gasteiger partial charge is 0.416 e. The van der Waals surface area contributed by atoms with Crippen LogP contribution in [0.15, 0.2) is 24.3 Å². The molecule has 0 saturated heterocycles. The van der Waals surface area contributed by atoms with Gasteiger partial charge in [-0.3, -0.25) is 0 Å². The molecular weight excluding hydrogens is 225 g/mol. The van der Waals surface area contributed by atoms with E-state index >= 15 is 0 Å². The smallest absolute Gasteiger partial charge is 0.376 e. The van der Waals surface area contributed by atoms with Crippen molar-refractivity contribution >= 4 is 23.0 Å². The Morgan fingerprint density at radius 1 is 1.27 bits per heavy atom. The first kappa shape index (κ1) is 11.8. The van der Waals surface area contributed by atoms with Gasteiger partial charge >= 0.3 is 6.18 Å². The van der Waals surface area contributed by atoms with E-state index in [4.69, 9.17) is 5.73 Å². The molecule has 2 nitrogen and oxygen atoms in total. The molecule has 15 heavy (non-hydrogen) atoms. The van der Waals surface area contributed by atoms with Crippen molar-refractivity contribution in [3.8, 4) is 0 Å². The monoisotopic (exact) mass is 234 g/mol. The molecule has 0 unspecified atom stereocenters. The predicted octanol–water partition coefficient (Wildman–Crippen LogP) is 2.39. The van der Waals surface area contributed by atoms with E-state index in [0.717, 1.165) is 12.1 Å². The average Bonchev–Trinajstić information content (AvgIpc) is 2.15. The van der Waals surface area contributed by atoms with Crippen molar-refractivity contribution in [3.05, 3.63) is 29.8 Å². The van der Waals surface area contributed by atoms with Crippen molar-refractivity contribution in [1.29, 1.82) is 0 Å². The van der Waals surface area contributed by atoms with Crippen LogP contribution in [0.5, 0.6) is 0 Å². The van der Waals surface area contributed by atoms with Crippen LogP contribution in [-0.4, -0.2) is 12.2 Å². The predicted molar refractivity (Wildman–Crippen MR) is 56.6 cm³/mol. The van der Waals surface area contributed by atoms with E-state index in [1.54, 1.807) is 7.05 Å². The Bertz CT molecular complexity index is 359. The summed E-state index contributed by atoms with van der Waals surface area (Å²) < 4.78 is 36.6. The van der Waals surface area contributed by atoms with E-state index in [9.17, 15) is 13.2 Å². The number of anilines is 1. The number of alkyl halides is 3. The summed E-state index contributed by atoms with van der Waals surface area (Å²) in [5.41, 5.74) is 5.16. The van der Waals surface area contributed by atoms with Gasteiger partial charge in [-0.1, -0.05) is 0 Å². The van der Waals surface area contributed by atoms with E-state index < -0.39 is 11.7 Å². The highest BCUT2D eigenvalue weighted by Gasteiger charge is 2.30. The molecule has 0 aliphatic carbocycles. The Kier molecular flexibility index (Phi) is 3.18. The number of nitrogens with zero attached hydrogens (tertiary/aromatic N) is 1. The summed E-state index contributed by atoms with van der Waals surface area (Å²) in [4.78, 5) is 1.43. The van der Waals surface area contributed by atoms with Gasteiger partial charge in [-0.05, 0) is 36.5 Å². The molecule has 0 spiro atoms. The maximum Gasteiger partial charge on any atom is 0.416 e. The highest BCUT2D eigenvalue weighted by molar-refractivity contribution is 7.80. The van der Waals surface area contributed by atoms with Crippen molar-refractivity contribution in [2.75, 3.05) is 11.9 Å². The standard InChI is InChI=1S/C9H9F3N2S/c1-14(8(13)15)7-4-2-6(3-5-7)9(10,11)12/h2-5H,1H3,(H2,13,15). The summed E-state index contributed by atoms with van der Waals surface area (Å²) in [6.45, 7) is 0. The molecule has 0 bridgehead atoms. The molecule has 0 saturated carbocycles. The minimum Gasteiger partial charge on any atom is -0.376 e. The molecule has 2 N–H and O–H groups in total.